The average Bonchev–Trinajstić information content (AvgIpc) is 2.74. The lowest BCUT2D eigenvalue weighted by molar-refractivity contribution is 0.560. The van der Waals surface area contributed by atoms with Crippen LogP contribution in [0.4, 0.5) is 0 Å². The van der Waals surface area contributed by atoms with Crippen LogP contribution in [-0.4, -0.2) is 16.8 Å². The Balaban J connectivity index is 2.52. The van der Waals surface area contributed by atoms with Gasteiger partial charge in [0.25, 0.3) is 0 Å². The first-order chi connectivity index (χ1) is 9.08. The van der Waals surface area contributed by atoms with Gasteiger partial charge < -0.3 is 5.32 Å². The molecule has 0 aliphatic heterocycles. The largest absolute Gasteiger partial charge is 0.308 e. The third kappa shape index (κ3) is 3.12. The lowest BCUT2D eigenvalue weighted by Crippen LogP contribution is -2.22. The SMILES string of the molecule is CCn1ncc(Br)c1C(NC)c1ccc(Br)cc1Br. The fourth-order valence-corrected chi connectivity index (χ4v) is 3.89. The van der Waals surface area contributed by atoms with E-state index in [4.69, 9.17) is 0 Å². The molecule has 19 heavy (non-hydrogen) atoms. The zero-order valence-corrected chi connectivity index (χ0v) is 15.4. The summed E-state index contributed by atoms with van der Waals surface area (Å²) < 4.78 is 5.14. The zero-order valence-electron chi connectivity index (χ0n) is 10.6. The predicted octanol–water partition coefficient (Wildman–Crippen LogP) is 4.50. The van der Waals surface area contributed by atoms with E-state index in [0.29, 0.717) is 0 Å². The standard InChI is InChI=1S/C13H14Br3N3/c1-3-19-13(11(16)7-18-19)12(17-2)9-5-4-8(14)6-10(9)15/h4-7,12,17H,3H2,1-2H3. The lowest BCUT2D eigenvalue weighted by Gasteiger charge is -2.20. The molecule has 0 aliphatic carbocycles. The highest BCUT2D eigenvalue weighted by Crippen LogP contribution is 2.33. The Bertz CT molecular complexity index is 581. The van der Waals surface area contributed by atoms with Gasteiger partial charge in [0.05, 0.1) is 22.4 Å². The van der Waals surface area contributed by atoms with Gasteiger partial charge in [-0.25, -0.2) is 0 Å². The molecule has 0 bridgehead atoms. The number of aryl methyl sites for hydroxylation is 1. The molecule has 3 nitrogen and oxygen atoms in total. The molecule has 2 rings (SSSR count). The molecule has 102 valence electrons. The first-order valence-corrected chi connectivity index (χ1v) is 8.29. The molecule has 1 heterocycles. The van der Waals surface area contributed by atoms with Gasteiger partial charge in [0.1, 0.15) is 0 Å². The molecule has 0 aliphatic rings. The fourth-order valence-electron chi connectivity index (χ4n) is 2.09. The van der Waals surface area contributed by atoms with Gasteiger partial charge in [-0.1, -0.05) is 37.9 Å². The smallest absolute Gasteiger partial charge is 0.0768 e. The molecule has 0 amide bonds. The Kier molecular flexibility index (Phi) is 5.22. The summed E-state index contributed by atoms with van der Waals surface area (Å²) in [4.78, 5) is 0. The molecular formula is C13H14Br3N3. The van der Waals surface area contributed by atoms with Gasteiger partial charge in [0, 0.05) is 15.5 Å². The van der Waals surface area contributed by atoms with E-state index in [2.05, 4.69) is 77.3 Å². The molecule has 1 atom stereocenters. The molecule has 6 heteroatoms. The summed E-state index contributed by atoms with van der Waals surface area (Å²) in [5, 5.41) is 7.74. The van der Waals surface area contributed by atoms with Crippen LogP contribution in [0.2, 0.25) is 0 Å². The molecule has 0 fully saturated rings. The van der Waals surface area contributed by atoms with Crippen LogP contribution in [0.25, 0.3) is 0 Å². The topological polar surface area (TPSA) is 29.9 Å². The monoisotopic (exact) mass is 449 g/mol. The second-order valence-electron chi connectivity index (χ2n) is 4.08. The molecular weight excluding hydrogens is 438 g/mol. The Morgan fingerprint density at radius 1 is 1.26 bits per heavy atom. The second kappa shape index (κ2) is 6.52. The van der Waals surface area contributed by atoms with Crippen LogP contribution in [0.15, 0.2) is 37.8 Å². The van der Waals surface area contributed by atoms with Crippen LogP contribution in [0, 0.1) is 0 Å². The van der Waals surface area contributed by atoms with E-state index >= 15 is 0 Å². The van der Waals surface area contributed by atoms with Gasteiger partial charge in [-0.2, -0.15) is 5.10 Å². The molecule has 0 saturated carbocycles. The van der Waals surface area contributed by atoms with Crippen molar-refractivity contribution < 1.29 is 0 Å². The normalized spacial score (nSPS) is 12.7. The summed E-state index contributed by atoms with van der Waals surface area (Å²) >= 11 is 10.7. The lowest BCUT2D eigenvalue weighted by atomic mass is 10.0. The number of halogens is 3. The van der Waals surface area contributed by atoms with Crippen molar-refractivity contribution in [1.29, 1.82) is 0 Å². The third-order valence-corrected chi connectivity index (χ3v) is 4.76. The van der Waals surface area contributed by atoms with Crippen molar-refractivity contribution in [2.45, 2.75) is 19.5 Å². The van der Waals surface area contributed by atoms with Crippen molar-refractivity contribution in [2.75, 3.05) is 7.05 Å². The van der Waals surface area contributed by atoms with Gasteiger partial charge in [0.15, 0.2) is 0 Å². The summed E-state index contributed by atoms with van der Waals surface area (Å²) in [5.74, 6) is 0. The van der Waals surface area contributed by atoms with Crippen molar-refractivity contribution in [1.82, 2.24) is 15.1 Å². The number of benzene rings is 1. The molecule has 0 spiro atoms. The first-order valence-electron chi connectivity index (χ1n) is 5.91. The zero-order chi connectivity index (χ0) is 14.0. The van der Waals surface area contributed by atoms with E-state index < -0.39 is 0 Å². The van der Waals surface area contributed by atoms with Gasteiger partial charge in [0.2, 0.25) is 0 Å². The van der Waals surface area contributed by atoms with Crippen molar-refractivity contribution in [3.63, 3.8) is 0 Å². The Hall–Kier alpha value is -0.170. The van der Waals surface area contributed by atoms with Crippen molar-refractivity contribution in [3.05, 3.63) is 49.1 Å². The number of hydrogen-bond acceptors (Lipinski definition) is 2. The quantitative estimate of drug-likeness (QED) is 0.741. The minimum Gasteiger partial charge on any atom is -0.308 e. The summed E-state index contributed by atoms with van der Waals surface area (Å²) in [7, 11) is 1.96. The summed E-state index contributed by atoms with van der Waals surface area (Å²) in [6.45, 7) is 2.93. The first kappa shape index (κ1) is 15.2. The summed E-state index contributed by atoms with van der Waals surface area (Å²) in [5.41, 5.74) is 2.31. The molecule has 1 N–H and O–H groups in total. The maximum atomic E-state index is 4.38. The molecule has 0 radical (unpaired) electrons. The maximum absolute atomic E-state index is 4.38. The second-order valence-corrected chi connectivity index (χ2v) is 6.71. The van der Waals surface area contributed by atoms with E-state index in [9.17, 15) is 0 Å². The van der Waals surface area contributed by atoms with Gasteiger partial charge in [-0.3, -0.25) is 4.68 Å². The van der Waals surface area contributed by atoms with Crippen LogP contribution in [-0.2, 0) is 6.54 Å². The highest BCUT2D eigenvalue weighted by atomic mass is 79.9. The van der Waals surface area contributed by atoms with Gasteiger partial charge >= 0.3 is 0 Å². The van der Waals surface area contributed by atoms with Crippen molar-refractivity contribution in [3.8, 4) is 0 Å². The van der Waals surface area contributed by atoms with Gasteiger partial charge in [-0.15, -0.1) is 0 Å². The minimum atomic E-state index is 0.0827. The molecule has 1 aromatic heterocycles. The highest BCUT2D eigenvalue weighted by molar-refractivity contribution is 9.11. The summed E-state index contributed by atoms with van der Waals surface area (Å²) in [6, 6.07) is 6.29. The third-order valence-electron chi connectivity index (χ3n) is 2.97. The Morgan fingerprint density at radius 2 is 2.00 bits per heavy atom. The summed E-state index contributed by atoms with van der Waals surface area (Å²) in [6.07, 6.45) is 1.84. The average molecular weight is 452 g/mol. The molecule has 2 aromatic rings. The van der Waals surface area contributed by atoms with E-state index in [0.717, 1.165) is 25.7 Å². The number of rotatable bonds is 4. The van der Waals surface area contributed by atoms with Gasteiger partial charge in [-0.05, 0) is 47.6 Å². The maximum Gasteiger partial charge on any atom is 0.0768 e. The van der Waals surface area contributed by atoms with Crippen molar-refractivity contribution in [2.24, 2.45) is 0 Å². The van der Waals surface area contributed by atoms with Crippen LogP contribution in [0.1, 0.15) is 24.2 Å². The number of nitrogens with one attached hydrogen (secondary N) is 1. The van der Waals surface area contributed by atoms with E-state index in [1.165, 1.54) is 5.56 Å². The Labute approximate surface area is 138 Å². The van der Waals surface area contributed by atoms with E-state index in [-0.39, 0.29) is 6.04 Å². The molecule has 1 aromatic carbocycles. The predicted molar refractivity (Wildman–Crippen MR) is 88.3 cm³/mol. The van der Waals surface area contributed by atoms with Crippen LogP contribution >= 0.6 is 47.8 Å². The minimum absolute atomic E-state index is 0.0827. The van der Waals surface area contributed by atoms with Crippen LogP contribution in [0.3, 0.4) is 0 Å². The van der Waals surface area contributed by atoms with Crippen molar-refractivity contribution >= 4 is 47.8 Å². The van der Waals surface area contributed by atoms with Crippen LogP contribution in [0.5, 0.6) is 0 Å². The van der Waals surface area contributed by atoms with E-state index in [1.807, 2.05) is 24.0 Å². The number of hydrogen-bond donors (Lipinski definition) is 1. The van der Waals surface area contributed by atoms with E-state index in [1.54, 1.807) is 0 Å². The number of nitrogens with zero attached hydrogens (tertiary/aromatic N) is 2. The molecule has 1 unspecified atom stereocenters. The number of aromatic nitrogens is 2. The highest BCUT2D eigenvalue weighted by Gasteiger charge is 2.21. The Morgan fingerprint density at radius 3 is 2.58 bits per heavy atom. The van der Waals surface area contributed by atoms with Crippen LogP contribution < -0.4 is 5.32 Å². The fraction of sp³-hybridized carbons (Fsp3) is 0.308. The molecule has 0 saturated heterocycles.